The van der Waals surface area contributed by atoms with Gasteiger partial charge in [-0.3, -0.25) is 9.78 Å². The molecule has 0 bridgehead atoms. The fourth-order valence-electron chi connectivity index (χ4n) is 1.43. The first-order valence-electron chi connectivity index (χ1n) is 4.81. The van der Waals surface area contributed by atoms with Crippen molar-refractivity contribution >= 4 is 5.97 Å². The fourth-order valence-corrected chi connectivity index (χ4v) is 1.43. The molecule has 17 heavy (non-hydrogen) atoms. The summed E-state index contributed by atoms with van der Waals surface area (Å²) < 4.78 is 1.12. The van der Waals surface area contributed by atoms with Gasteiger partial charge >= 0.3 is 5.97 Å². The second-order valence-electron chi connectivity index (χ2n) is 3.40. The first kappa shape index (κ1) is 11.0. The molecule has 86 valence electrons. The number of carboxylic acid groups (broad SMARTS) is 1. The number of carboxylic acids is 1. The van der Waals surface area contributed by atoms with Crippen LogP contribution in [0.25, 0.3) is 11.4 Å². The van der Waals surface area contributed by atoms with Crippen molar-refractivity contribution in [3.63, 3.8) is 0 Å². The second kappa shape index (κ2) is 4.17. The molecule has 0 aliphatic carbocycles. The van der Waals surface area contributed by atoms with Crippen molar-refractivity contribution in [3.8, 4) is 11.4 Å². The number of pyridine rings is 1. The fraction of sp³-hybridized carbons (Fsp3) is 0.0909. The van der Waals surface area contributed by atoms with Gasteiger partial charge in [0.2, 0.25) is 0 Å². The molecule has 0 unspecified atom stereocenters. The lowest BCUT2D eigenvalue weighted by Crippen LogP contribution is -2.26. The molecule has 0 saturated carbocycles. The molecule has 0 aliphatic rings. The van der Waals surface area contributed by atoms with E-state index < -0.39 is 11.5 Å². The van der Waals surface area contributed by atoms with Gasteiger partial charge in [0, 0.05) is 13.2 Å². The Morgan fingerprint density at radius 1 is 1.35 bits per heavy atom. The maximum atomic E-state index is 11.7. The SMILES string of the molecule is Cn1cnc(-c2ccccn2)c(C(=O)O)c1=O. The highest BCUT2D eigenvalue weighted by Gasteiger charge is 2.19. The van der Waals surface area contributed by atoms with E-state index in [-0.39, 0.29) is 11.3 Å². The quantitative estimate of drug-likeness (QED) is 0.815. The van der Waals surface area contributed by atoms with Crippen LogP contribution >= 0.6 is 0 Å². The first-order valence-corrected chi connectivity index (χ1v) is 4.81. The van der Waals surface area contributed by atoms with Crippen molar-refractivity contribution in [2.24, 2.45) is 7.05 Å². The lowest BCUT2D eigenvalue weighted by molar-refractivity contribution is 0.0694. The number of rotatable bonds is 2. The molecule has 0 aliphatic heterocycles. The van der Waals surface area contributed by atoms with E-state index in [4.69, 9.17) is 5.11 Å². The van der Waals surface area contributed by atoms with E-state index in [2.05, 4.69) is 9.97 Å². The Morgan fingerprint density at radius 3 is 2.71 bits per heavy atom. The Hall–Kier alpha value is -2.50. The van der Waals surface area contributed by atoms with Gasteiger partial charge in [-0.2, -0.15) is 0 Å². The van der Waals surface area contributed by atoms with Gasteiger partial charge in [0.15, 0.2) is 5.56 Å². The molecule has 6 heteroatoms. The standard InChI is InChI=1S/C11H9N3O3/c1-14-6-13-9(7-4-2-3-5-12-7)8(10(14)15)11(16)17/h2-6H,1H3,(H,16,17). The van der Waals surface area contributed by atoms with Crippen LogP contribution in [-0.2, 0) is 7.05 Å². The lowest BCUT2D eigenvalue weighted by Gasteiger charge is -2.05. The molecule has 0 aromatic carbocycles. The Morgan fingerprint density at radius 2 is 2.12 bits per heavy atom. The van der Waals surface area contributed by atoms with E-state index in [1.54, 1.807) is 18.2 Å². The van der Waals surface area contributed by atoms with Crippen molar-refractivity contribution in [1.82, 2.24) is 14.5 Å². The highest BCUT2D eigenvalue weighted by atomic mass is 16.4. The van der Waals surface area contributed by atoms with Crippen LogP contribution in [0, 0.1) is 0 Å². The summed E-state index contributed by atoms with van der Waals surface area (Å²) in [7, 11) is 1.45. The highest BCUT2D eigenvalue weighted by molar-refractivity contribution is 5.93. The van der Waals surface area contributed by atoms with Gasteiger partial charge in [-0.05, 0) is 12.1 Å². The molecular formula is C11H9N3O3. The van der Waals surface area contributed by atoms with E-state index in [0.717, 1.165) is 4.57 Å². The summed E-state index contributed by atoms with van der Waals surface area (Å²) in [6.45, 7) is 0. The Bertz CT molecular complexity index is 620. The maximum Gasteiger partial charge on any atom is 0.343 e. The maximum absolute atomic E-state index is 11.7. The average molecular weight is 231 g/mol. The summed E-state index contributed by atoms with van der Waals surface area (Å²) in [6, 6.07) is 5.01. The molecule has 2 rings (SSSR count). The summed E-state index contributed by atoms with van der Waals surface area (Å²) in [4.78, 5) is 30.7. The van der Waals surface area contributed by atoms with Gasteiger partial charge in [0.05, 0.1) is 12.0 Å². The number of nitrogens with zero attached hydrogens (tertiary/aromatic N) is 3. The van der Waals surface area contributed by atoms with Crippen molar-refractivity contribution in [1.29, 1.82) is 0 Å². The number of carbonyl (C=O) groups is 1. The van der Waals surface area contributed by atoms with Crippen LogP contribution in [0.2, 0.25) is 0 Å². The third-order valence-corrected chi connectivity index (χ3v) is 2.25. The molecule has 0 atom stereocenters. The van der Waals surface area contributed by atoms with Gasteiger partial charge in [-0.1, -0.05) is 6.07 Å². The highest BCUT2D eigenvalue weighted by Crippen LogP contribution is 2.15. The summed E-state index contributed by atoms with van der Waals surface area (Å²) >= 11 is 0. The minimum Gasteiger partial charge on any atom is -0.477 e. The number of aromatic nitrogens is 3. The minimum absolute atomic E-state index is 0.0844. The Kier molecular flexibility index (Phi) is 2.70. The van der Waals surface area contributed by atoms with E-state index in [9.17, 15) is 9.59 Å². The van der Waals surface area contributed by atoms with E-state index in [1.807, 2.05) is 0 Å². The molecule has 6 nitrogen and oxygen atoms in total. The molecule has 2 aromatic heterocycles. The van der Waals surface area contributed by atoms with Crippen LogP contribution in [0.1, 0.15) is 10.4 Å². The zero-order valence-electron chi connectivity index (χ0n) is 8.99. The average Bonchev–Trinajstić information content (AvgIpc) is 2.33. The molecule has 0 radical (unpaired) electrons. The lowest BCUT2D eigenvalue weighted by atomic mass is 10.1. The third kappa shape index (κ3) is 1.92. The zero-order chi connectivity index (χ0) is 12.4. The predicted molar refractivity (Wildman–Crippen MR) is 59.7 cm³/mol. The monoisotopic (exact) mass is 231 g/mol. The number of aromatic carboxylic acids is 1. The van der Waals surface area contributed by atoms with Gasteiger partial charge < -0.3 is 9.67 Å². The Balaban J connectivity index is 2.76. The van der Waals surface area contributed by atoms with E-state index in [1.165, 1.54) is 19.6 Å². The number of aryl methyl sites for hydroxylation is 1. The zero-order valence-corrected chi connectivity index (χ0v) is 8.99. The van der Waals surface area contributed by atoms with Crippen molar-refractivity contribution in [2.45, 2.75) is 0 Å². The smallest absolute Gasteiger partial charge is 0.343 e. The summed E-state index contributed by atoms with van der Waals surface area (Å²) in [5.41, 5.74) is -0.523. The molecule has 2 aromatic rings. The van der Waals surface area contributed by atoms with Crippen LogP contribution in [-0.4, -0.2) is 25.6 Å². The number of hydrogen-bond donors (Lipinski definition) is 1. The third-order valence-electron chi connectivity index (χ3n) is 2.25. The van der Waals surface area contributed by atoms with E-state index in [0.29, 0.717) is 5.69 Å². The molecule has 1 N–H and O–H groups in total. The summed E-state index contributed by atoms with van der Waals surface area (Å²) in [6.07, 6.45) is 2.79. The van der Waals surface area contributed by atoms with Crippen molar-refractivity contribution < 1.29 is 9.90 Å². The van der Waals surface area contributed by atoms with Gasteiger partial charge in [0.25, 0.3) is 5.56 Å². The van der Waals surface area contributed by atoms with Crippen LogP contribution in [0.15, 0.2) is 35.5 Å². The second-order valence-corrected chi connectivity index (χ2v) is 3.40. The molecule has 0 amide bonds. The first-order chi connectivity index (χ1) is 8.11. The molecule has 2 heterocycles. The topological polar surface area (TPSA) is 85.1 Å². The summed E-state index contributed by atoms with van der Waals surface area (Å²) in [5, 5.41) is 9.05. The van der Waals surface area contributed by atoms with Gasteiger partial charge in [-0.25, -0.2) is 9.78 Å². The largest absolute Gasteiger partial charge is 0.477 e. The van der Waals surface area contributed by atoms with Crippen LogP contribution in [0.5, 0.6) is 0 Å². The molecular weight excluding hydrogens is 222 g/mol. The van der Waals surface area contributed by atoms with Gasteiger partial charge in [-0.15, -0.1) is 0 Å². The minimum atomic E-state index is -1.31. The summed E-state index contributed by atoms with van der Waals surface area (Å²) in [5.74, 6) is -1.31. The molecule has 0 saturated heterocycles. The molecule has 0 fully saturated rings. The van der Waals surface area contributed by atoms with Crippen LogP contribution in [0.3, 0.4) is 0 Å². The normalized spacial score (nSPS) is 10.2. The van der Waals surface area contributed by atoms with Gasteiger partial charge in [0.1, 0.15) is 5.69 Å². The van der Waals surface area contributed by atoms with E-state index >= 15 is 0 Å². The Labute approximate surface area is 96.2 Å². The van der Waals surface area contributed by atoms with Crippen molar-refractivity contribution in [2.75, 3.05) is 0 Å². The van der Waals surface area contributed by atoms with Crippen molar-refractivity contribution in [3.05, 3.63) is 46.6 Å². The van der Waals surface area contributed by atoms with Crippen LogP contribution < -0.4 is 5.56 Å². The molecule has 0 spiro atoms. The predicted octanol–water partition coefficient (Wildman–Crippen LogP) is 0.540. The number of hydrogen-bond acceptors (Lipinski definition) is 4. The van der Waals surface area contributed by atoms with Crippen LogP contribution in [0.4, 0.5) is 0 Å².